The fourth-order valence-corrected chi connectivity index (χ4v) is 3.45. The number of methoxy groups -OCH3 is 2. The summed E-state index contributed by atoms with van der Waals surface area (Å²) < 4.78 is 15.6. The third-order valence-electron chi connectivity index (χ3n) is 3.95. The molecule has 3 aromatic rings. The monoisotopic (exact) mass is 399 g/mol. The molecule has 2 heterocycles. The van der Waals surface area contributed by atoms with Crippen LogP contribution < -0.4 is 14.8 Å². The SMILES string of the molecule is COc1ccc(CNC(=O)c2cccnc2SCc2cc(C)on2)cc1OC. The van der Waals surface area contributed by atoms with Gasteiger partial charge in [-0.2, -0.15) is 0 Å². The lowest BCUT2D eigenvalue weighted by molar-refractivity contribution is 0.0947. The smallest absolute Gasteiger partial charge is 0.254 e. The molecule has 2 aromatic heterocycles. The van der Waals surface area contributed by atoms with E-state index in [0.29, 0.717) is 34.4 Å². The first-order valence-corrected chi connectivity index (χ1v) is 9.58. The van der Waals surface area contributed by atoms with Gasteiger partial charge in [0.25, 0.3) is 5.91 Å². The van der Waals surface area contributed by atoms with Crippen molar-refractivity contribution in [1.29, 1.82) is 0 Å². The molecule has 0 saturated heterocycles. The minimum Gasteiger partial charge on any atom is -0.493 e. The van der Waals surface area contributed by atoms with E-state index in [1.54, 1.807) is 32.5 Å². The van der Waals surface area contributed by atoms with E-state index in [4.69, 9.17) is 14.0 Å². The van der Waals surface area contributed by atoms with Gasteiger partial charge in [0, 0.05) is 24.6 Å². The number of hydrogen-bond acceptors (Lipinski definition) is 7. The molecule has 1 aromatic carbocycles. The number of rotatable bonds is 8. The zero-order chi connectivity index (χ0) is 19.9. The van der Waals surface area contributed by atoms with Gasteiger partial charge in [0.15, 0.2) is 11.5 Å². The predicted molar refractivity (Wildman–Crippen MR) is 106 cm³/mol. The molecule has 0 fully saturated rings. The number of aryl methyl sites for hydroxylation is 1. The molecule has 0 spiro atoms. The quantitative estimate of drug-likeness (QED) is 0.579. The van der Waals surface area contributed by atoms with Crippen LogP contribution in [0.3, 0.4) is 0 Å². The average molecular weight is 399 g/mol. The van der Waals surface area contributed by atoms with Crippen LogP contribution in [-0.2, 0) is 12.3 Å². The van der Waals surface area contributed by atoms with Crippen molar-refractivity contribution in [1.82, 2.24) is 15.5 Å². The minimum atomic E-state index is -0.193. The van der Waals surface area contributed by atoms with Crippen molar-refractivity contribution in [3.8, 4) is 11.5 Å². The van der Waals surface area contributed by atoms with E-state index in [1.807, 2.05) is 31.2 Å². The van der Waals surface area contributed by atoms with Crippen LogP contribution in [0, 0.1) is 6.92 Å². The Hall–Kier alpha value is -3.00. The molecule has 1 N–H and O–H groups in total. The molecule has 0 aliphatic heterocycles. The Kier molecular flexibility index (Phi) is 6.54. The lowest BCUT2D eigenvalue weighted by Crippen LogP contribution is -2.23. The Bertz CT molecular complexity index is 958. The third kappa shape index (κ3) is 4.83. The van der Waals surface area contributed by atoms with Crippen molar-refractivity contribution in [2.45, 2.75) is 24.2 Å². The van der Waals surface area contributed by atoms with Gasteiger partial charge in [-0.25, -0.2) is 4.98 Å². The summed E-state index contributed by atoms with van der Waals surface area (Å²) in [6.07, 6.45) is 1.67. The van der Waals surface area contributed by atoms with E-state index in [1.165, 1.54) is 11.8 Å². The zero-order valence-corrected chi connectivity index (χ0v) is 16.7. The van der Waals surface area contributed by atoms with Gasteiger partial charge in [-0.15, -0.1) is 0 Å². The number of nitrogens with zero attached hydrogens (tertiary/aromatic N) is 2. The van der Waals surface area contributed by atoms with Gasteiger partial charge in [0.2, 0.25) is 0 Å². The van der Waals surface area contributed by atoms with Crippen molar-refractivity contribution in [3.05, 3.63) is 65.2 Å². The topological polar surface area (TPSA) is 86.5 Å². The van der Waals surface area contributed by atoms with Crippen molar-refractivity contribution >= 4 is 17.7 Å². The molecule has 7 nitrogen and oxygen atoms in total. The summed E-state index contributed by atoms with van der Waals surface area (Å²) >= 11 is 1.44. The fourth-order valence-electron chi connectivity index (χ4n) is 2.58. The molecule has 0 aliphatic carbocycles. The number of benzene rings is 1. The van der Waals surface area contributed by atoms with Crippen molar-refractivity contribution in [2.24, 2.45) is 0 Å². The van der Waals surface area contributed by atoms with Crippen LogP contribution in [0.2, 0.25) is 0 Å². The van der Waals surface area contributed by atoms with Crippen LogP contribution in [-0.4, -0.2) is 30.3 Å². The zero-order valence-electron chi connectivity index (χ0n) is 15.9. The highest BCUT2D eigenvalue weighted by atomic mass is 32.2. The molecule has 0 unspecified atom stereocenters. The number of nitrogens with one attached hydrogen (secondary N) is 1. The fraction of sp³-hybridized carbons (Fsp3) is 0.250. The number of amides is 1. The molecular formula is C20H21N3O4S. The van der Waals surface area contributed by atoms with Crippen LogP contribution in [0.4, 0.5) is 0 Å². The highest BCUT2D eigenvalue weighted by molar-refractivity contribution is 7.98. The van der Waals surface area contributed by atoms with Gasteiger partial charge >= 0.3 is 0 Å². The number of thioether (sulfide) groups is 1. The number of carbonyl (C=O) groups is 1. The van der Waals surface area contributed by atoms with E-state index in [9.17, 15) is 4.79 Å². The average Bonchev–Trinajstić information content (AvgIpc) is 3.15. The van der Waals surface area contributed by atoms with Gasteiger partial charge in [0.05, 0.1) is 25.5 Å². The van der Waals surface area contributed by atoms with Gasteiger partial charge in [-0.1, -0.05) is 23.0 Å². The maximum atomic E-state index is 12.7. The Balaban J connectivity index is 1.66. The van der Waals surface area contributed by atoms with Gasteiger partial charge in [-0.3, -0.25) is 4.79 Å². The van der Waals surface area contributed by atoms with Crippen LogP contribution >= 0.6 is 11.8 Å². The lowest BCUT2D eigenvalue weighted by Gasteiger charge is -2.11. The second-order valence-corrected chi connectivity index (χ2v) is 6.91. The summed E-state index contributed by atoms with van der Waals surface area (Å²) in [5, 5.41) is 7.54. The molecule has 8 heteroatoms. The Morgan fingerprint density at radius 2 is 2.00 bits per heavy atom. The van der Waals surface area contributed by atoms with Crippen molar-refractivity contribution < 1.29 is 18.8 Å². The molecule has 0 radical (unpaired) electrons. The highest BCUT2D eigenvalue weighted by Crippen LogP contribution is 2.28. The molecule has 28 heavy (non-hydrogen) atoms. The molecule has 0 bridgehead atoms. The number of hydrogen-bond donors (Lipinski definition) is 1. The van der Waals surface area contributed by atoms with Crippen molar-refractivity contribution in [2.75, 3.05) is 14.2 Å². The molecule has 3 rings (SSSR count). The summed E-state index contributed by atoms with van der Waals surface area (Å²) in [5.41, 5.74) is 2.24. The minimum absolute atomic E-state index is 0.193. The second kappa shape index (κ2) is 9.27. The first kappa shape index (κ1) is 19.8. The lowest BCUT2D eigenvalue weighted by atomic mass is 10.2. The van der Waals surface area contributed by atoms with E-state index < -0.39 is 0 Å². The number of ether oxygens (including phenoxy) is 2. The summed E-state index contributed by atoms with van der Waals surface area (Å²) in [6.45, 7) is 2.20. The summed E-state index contributed by atoms with van der Waals surface area (Å²) in [7, 11) is 3.16. The third-order valence-corrected chi connectivity index (χ3v) is 4.99. The predicted octanol–water partition coefficient (Wildman–Crippen LogP) is 3.62. The number of pyridine rings is 1. The van der Waals surface area contributed by atoms with Gasteiger partial charge < -0.3 is 19.3 Å². The van der Waals surface area contributed by atoms with Crippen molar-refractivity contribution in [3.63, 3.8) is 0 Å². The normalized spacial score (nSPS) is 10.5. The largest absolute Gasteiger partial charge is 0.493 e. The Morgan fingerprint density at radius 1 is 1.18 bits per heavy atom. The van der Waals surface area contributed by atoms with Crippen LogP contribution in [0.15, 0.2) is 52.1 Å². The molecule has 0 atom stereocenters. The summed E-state index contributed by atoms with van der Waals surface area (Å²) in [5.74, 6) is 2.40. The Labute approximate surface area is 167 Å². The molecule has 0 aliphatic rings. The van der Waals surface area contributed by atoms with E-state index in [0.717, 1.165) is 17.0 Å². The maximum absolute atomic E-state index is 12.7. The molecular weight excluding hydrogens is 378 g/mol. The number of carbonyl (C=O) groups excluding carboxylic acids is 1. The maximum Gasteiger partial charge on any atom is 0.254 e. The first-order valence-electron chi connectivity index (χ1n) is 8.60. The van der Waals surface area contributed by atoms with Gasteiger partial charge in [-0.05, 0) is 36.8 Å². The summed E-state index contributed by atoms with van der Waals surface area (Å²) in [6, 6.07) is 10.9. The van der Waals surface area contributed by atoms with Crippen LogP contribution in [0.5, 0.6) is 11.5 Å². The Morgan fingerprint density at radius 3 is 2.71 bits per heavy atom. The standard InChI is InChI=1S/C20H21N3O4S/c1-13-9-15(23-27-13)12-28-20-16(5-4-8-21-20)19(24)22-11-14-6-7-17(25-2)18(10-14)26-3/h4-10H,11-12H2,1-3H3,(H,22,24). The second-order valence-electron chi connectivity index (χ2n) is 5.95. The first-order chi connectivity index (χ1) is 13.6. The van der Waals surface area contributed by atoms with E-state index >= 15 is 0 Å². The van der Waals surface area contributed by atoms with E-state index in [-0.39, 0.29) is 5.91 Å². The molecule has 0 saturated carbocycles. The van der Waals surface area contributed by atoms with Gasteiger partial charge in [0.1, 0.15) is 10.8 Å². The molecule has 146 valence electrons. The van der Waals surface area contributed by atoms with Crippen LogP contribution in [0.1, 0.15) is 27.4 Å². The van der Waals surface area contributed by atoms with Crippen LogP contribution in [0.25, 0.3) is 0 Å². The summed E-state index contributed by atoms with van der Waals surface area (Å²) in [4.78, 5) is 17.0. The number of aromatic nitrogens is 2. The molecule has 1 amide bonds. The van der Waals surface area contributed by atoms with E-state index in [2.05, 4.69) is 15.5 Å². The highest BCUT2D eigenvalue weighted by Gasteiger charge is 2.14.